The quantitative estimate of drug-likeness (QED) is 0.755. The number of fused-ring (bicyclic) bond motifs is 1. The largest absolute Gasteiger partial charge is 0.317 e. The number of hydrogen-bond acceptors (Lipinski definition) is 2. The smallest absolute Gasteiger partial charge is 0.275 e. The van der Waals surface area contributed by atoms with E-state index < -0.39 is 0 Å². The van der Waals surface area contributed by atoms with E-state index in [2.05, 4.69) is 21.2 Å². The lowest BCUT2D eigenvalue weighted by molar-refractivity contribution is 0.869. The average molecular weight is 306 g/mol. The van der Waals surface area contributed by atoms with Gasteiger partial charge in [0, 0.05) is 55.2 Å². The molecule has 3 nitrogen and oxygen atoms in total. The van der Waals surface area contributed by atoms with Crippen molar-refractivity contribution < 1.29 is 0 Å². The summed E-state index contributed by atoms with van der Waals surface area (Å²) in [5.74, 6) is 0. The Morgan fingerprint density at radius 3 is 2.77 bits per heavy atom. The maximum absolute atomic E-state index is 11.7. The van der Waals surface area contributed by atoms with Crippen LogP contribution in [-0.2, 0) is 7.05 Å². The molecule has 0 saturated carbocycles. The Morgan fingerprint density at radius 2 is 2.08 bits per heavy atom. The van der Waals surface area contributed by atoms with Crippen LogP contribution in [0.3, 0.4) is 0 Å². The molecule has 0 spiro atoms. The first-order valence-corrected chi connectivity index (χ1v) is 7.01. The summed E-state index contributed by atoms with van der Waals surface area (Å²) < 4.78 is 3.46. The van der Waals surface area contributed by atoms with Crippen molar-refractivity contribution in [1.29, 1.82) is 0 Å². The van der Waals surface area contributed by atoms with Crippen molar-refractivity contribution in [2.45, 2.75) is 0 Å². The molecular weight excluding hydrogens is 299 g/mol. The first kappa shape index (κ1) is 9.14. The molecule has 0 unspecified atom stereocenters. The van der Waals surface area contributed by atoms with Crippen LogP contribution in [0.15, 0.2) is 29.3 Å². The van der Waals surface area contributed by atoms with Gasteiger partial charge in [-0.15, -0.1) is 0 Å². The molecule has 5 heteroatoms. The normalized spacial score (nSPS) is 10.9. The molecule has 0 aliphatic heterocycles. The highest BCUT2D eigenvalue weighted by Gasteiger charge is 2.05. The molecule has 68 valence electrons. The van der Waals surface area contributed by atoms with Gasteiger partial charge in [0.25, 0.3) is 5.56 Å². The van der Waals surface area contributed by atoms with E-state index in [1.807, 2.05) is 22.3 Å². The van der Waals surface area contributed by atoms with Crippen molar-refractivity contribution in [3.8, 4) is 0 Å². The molecule has 0 saturated heterocycles. The van der Waals surface area contributed by atoms with Gasteiger partial charge in [-0.25, -0.2) is 0 Å². The summed E-state index contributed by atoms with van der Waals surface area (Å²) in [6.45, 7) is 0. The molecule has 0 aromatic carbocycles. The maximum Gasteiger partial charge on any atom is 0.275 e. The second-order valence-corrected chi connectivity index (χ2v) is 4.46. The predicted octanol–water partition coefficient (Wildman–Crippen LogP) is 2.19. The SMILES string of the molecule is Cn1ccc2ccn(SI)c2c1=O. The van der Waals surface area contributed by atoms with E-state index in [0.717, 1.165) is 10.9 Å². The fourth-order valence-corrected chi connectivity index (χ4v) is 2.61. The fourth-order valence-electron chi connectivity index (χ4n) is 1.27. The summed E-state index contributed by atoms with van der Waals surface area (Å²) in [5.41, 5.74) is 0.802. The van der Waals surface area contributed by atoms with E-state index in [-0.39, 0.29) is 5.56 Å². The lowest BCUT2D eigenvalue weighted by atomic mass is 10.3. The molecular formula is C8H7IN2OS. The van der Waals surface area contributed by atoms with Crippen molar-refractivity contribution in [2.75, 3.05) is 0 Å². The number of halogens is 1. The predicted molar refractivity (Wildman–Crippen MR) is 64.2 cm³/mol. The topological polar surface area (TPSA) is 26.9 Å². The third kappa shape index (κ3) is 1.39. The Hall–Kier alpha value is -0.430. The zero-order valence-corrected chi connectivity index (χ0v) is 9.87. The second kappa shape index (κ2) is 3.38. The van der Waals surface area contributed by atoms with E-state index >= 15 is 0 Å². The summed E-state index contributed by atoms with van der Waals surface area (Å²) in [5, 5.41) is 0.993. The van der Waals surface area contributed by atoms with Crippen molar-refractivity contribution in [1.82, 2.24) is 8.54 Å². The van der Waals surface area contributed by atoms with E-state index in [4.69, 9.17) is 0 Å². The molecule has 0 aliphatic rings. The van der Waals surface area contributed by atoms with Crippen LogP contribution in [0.2, 0.25) is 0 Å². The van der Waals surface area contributed by atoms with E-state index in [1.54, 1.807) is 17.8 Å². The minimum atomic E-state index is 0.0478. The highest BCUT2D eigenvalue weighted by molar-refractivity contribution is 14.2. The van der Waals surface area contributed by atoms with E-state index in [1.165, 1.54) is 9.12 Å². The number of rotatable bonds is 1. The van der Waals surface area contributed by atoms with Crippen LogP contribution < -0.4 is 5.56 Å². The van der Waals surface area contributed by atoms with Gasteiger partial charge in [-0.1, -0.05) is 0 Å². The van der Waals surface area contributed by atoms with Crippen molar-refractivity contribution >= 4 is 41.2 Å². The van der Waals surface area contributed by atoms with Gasteiger partial charge in [0.15, 0.2) is 0 Å². The van der Waals surface area contributed by atoms with Crippen LogP contribution in [-0.4, -0.2) is 8.54 Å². The van der Waals surface area contributed by atoms with Crippen LogP contribution in [0.25, 0.3) is 10.9 Å². The lowest BCUT2D eigenvalue weighted by Gasteiger charge is -1.99. The molecule has 0 N–H and O–H groups in total. The van der Waals surface area contributed by atoms with Gasteiger partial charge >= 0.3 is 0 Å². The van der Waals surface area contributed by atoms with Gasteiger partial charge < -0.3 is 4.57 Å². The summed E-state index contributed by atoms with van der Waals surface area (Å²) in [4.78, 5) is 11.7. The molecule has 0 aliphatic carbocycles. The Balaban J connectivity index is 2.94. The monoisotopic (exact) mass is 306 g/mol. The third-order valence-corrected chi connectivity index (χ3v) is 3.68. The van der Waals surface area contributed by atoms with Gasteiger partial charge in [-0.05, 0) is 12.1 Å². The fraction of sp³-hybridized carbons (Fsp3) is 0.125. The minimum absolute atomic E-state index is 0.0478. The number of pyridine rings is 1. The number of nitrogens with zero attached hydrogens (tertiary/aromatic N) is 2. The zero-order valence-electron chi connectivity index (χ0n) is 6.90. The van der Waals surface area contributed by atoms with Crippen LogP contribution in [0.1, 0.15) is 0 Å². The maximum atomic E-state index is 11.7. The summed E-state index contributed by atoms with van der Waals surface area (Å²) in [6, 6.07) is 3.89. The minimum Gasteiger partial charge on any atom is -0.317 e. The van der Waals surface area contributed by atoms with Crippen LogP contribution in [0.5, 0.6) is 0 Å². The molecule has 0 atom stereocenters. The number of hydrogen-bond donors (Lipinski definition) is 0. The van der Waals surface area contributed by atoms with Gasteiger partial charge in [-0.3, -0.25) is 8.77 Å². The Kier molecular flexibility index (Phi) is 2.37. The Bertz CT molecular complexity index is 502. The summed E-state index contributed by atoms with van der Waals surface area (Å²) in [7, 11) is 3.26. The number of aromatic nitrogens is 2. The van der Waals surface area contributed by atoms with Crippen molar-refractivity contribution in [3.63, 3.8) is 0 Å². The average Bonchev–Trinajstić information content (AvgIpc) is 2.55. The molecule has 0 radical (unpaired) electrons. The number of aryl methyl sites for hydroxylation is 1. The first-order valence-electron chi connectivity index (χ1n) is 3.70. The Morgan fingerprint density at radius 1 is 1.38 bits per heavy atom. The molecule has 2 rings (SSSR count). The molecule has 13 heavy (non-hydrogen) atoms. The molecule has 0 fully saturated rings. The highest BCUT2D eigenvalue weighted by Crippen LogP contribution is 2.21. The Labute approximate surface area is 91.5 Å². The molecule has 2 aromatic heterocycles. The van der Waals surface area contributed by atoms with Crippen molar-refractivity contribution in [3.05, 3.63) is 34.9 Å². The van der Waals surface area contributed by atoms with Crippen LogP contribution in [0, 0.1) is 0 Å². The summed E-state index contributed by atoms with van der Waals surface area (Å²) >= 11 is 2.16. The van der Waals surface area contributed by atoms with Crippen molar-refractivity contribution in [2.24, 2.45) is 7.05 Å². The molecule has 0 bridgehead atoms. The van der Waals surface area contributed by atoms with Gasteiger partial charge in [0.2, 0.25) is 0 Å². The zero-order chi connectivity index (χ0) is 9.42. The van der Waals surface area contributed by atoms with Gasteiger partial charge in [0.05, 0.1) is 0 Å². The van der Waals surface area contributed by atoms with Crippen LogP contribution in [0.4, 0.5) is 0 Å². The van der Waals surface area contributed by atoms with E-state index in [9.17, 15) is 4.79 Å². The highest BCUT2D eigenvalue weighted by atomic mass is 127. The van der Waals surface area contributed by atoms with Gasteiger partial charge in [-0.2, -0.15) is 0 Å². The van der Waals surface area contributed by atoms with Crippen LogP contribution >= 0.6 is 30.3 Å². The molecule has 2 heterocycles. The second-order valence-electron chi connectivity index (χ2n) is 2.75. The lowest BCUT2D eigenvalue weighted by Crippen LogP contribution is -2.16. The standard InChI is InChI=1S/C8H7IN2OS/c1-10-4-2-6-3-5-11(13-9)7(6)8(10)12/h2-5H,1H3. The van der Waals surface area contributed by atoms with E-state index in [0.29, 0.717) is 0 Å². The third-order valence-electron chi connectivity index (χ3n) is 1.96. The first-order chi connectivity index (χ1) is 6.24. The molecule has 0 amide bonds. The van der Waals surface area contributed by atoms with Gasteiger partial charge in [0.1, 0.15) is 5.52 Å². The summed E-state index contributed by atoms with van der Waals surface area (Å²) in [6.07, 6.45) is 3.69. The molecule has 2 aromatic rings.